The van der Waals surface area contributed by atoms with E-state index in [1.54, 1.807) is 31.6 Å². The first-order valence-electron chi connectivity index (χ1n) is 8.65. The molecular weight excluding hydrogens is 335 g/mol. The van der Waals surface area contributed by atoms with Gasteiger partial charge in [-0.05, 0) is 30.3 Å². The van der Waals surface area contributed by atoms with Crippen LogP contribution in [0.2, 0.25) is 0 Å². The van der Waals surface area contributed by atoms with Crippen molar-refractivity contribution >= 4 is 17.3 Å². The van der Waals surface area contributed by atoms with Gasteiger partial charge in [-0.25, -0.2) is 4.39 Å². The van der Waals surface area contributed by atoms with E-state index in [0.29, 0.717) is 18.7 Å². The predicted octanol–water partition coefficient (Wildman–Crippen LogP) is 1.92. The van der Waals surface area contributed by atoms with Crippen molar-refractivity contribution in [3.8, 4) is 0 Å². The number of rotatable bonds is 6. The van der Waals surface area contributed by atoms with Crippen LogP contribution in [0.5, 0.6) is 0 Å². The van der Waals surface area contributed by atoms with Gasteiger partial charge in [-0.15, -0.1) is 0 Å². The standard InChI is InChI=1S/C19H23FN4O2/c1-26-11-6-22-19(25)15-12-18(14-21-13-15)24-9-7-23(8-10-24)17-4-2-16(20)3-5-17/h2-5,12-14H,6-11H2,1H3,(H,22,25). The van der Waals surface area contributed by atoms with E-state index in [0.717, 1.165) is 37.6 Å². The van der Waals surface area contributed by atoms with Crippen LogP contribution in [0, 0.1) is 5.82 Å². The van der Waals surface area contributed by atoms with Crippen LogP contribution < -0.4 is 15.1 Å². The van der Waals surface area contributed by atoms with Crippen LogP contribution in [-0.2, 0) is 4.74 Å². The Hall–Kier alpha value is -2.67. The van der Waals surface area contributed by atoms with Crippen LogP contribution in [0.25, 0.3) is 0 Å². The normalized spacial score (nSPS) is 14.4. The second-order valence-corrected chi connectivity index (χ2v) is 6.13. The fourth-order valence-electron chi connectivity index (χ4n) is 2.97. The van der Waals surface area contributed by atoms with Crippen molar-refractivity contribution in [3.05, 3.63) is 54.1 Å². The largest absolute Gasteiger partial charge is 0.383 e. The molecule has 0 atom stereocenters. The van der Waals surface area contributed by atoms with Gasteiger partial charge in [-0.2, -0.15) is 0 Å². The Morgan fingerprint density at radius 1 is 1.12 bits per heavy atom. The molecule has 1 fully saturated rings. The lowest BCUT2D eigenvalue weighted by molar-refractivity contribution is 0.0936. The van der Waals surface area contributed by atoms with Gasteiger partial charge >= 0.3 is 0 Å². The Kier molecular flexibility index (Phi) is 6.01. The Morgan fingerprint density at radius 3 is 2.42 bits per heavy atom. The van der Waals surface area contributed by atoms with Crippen LogP contribution in [0.4, 0.5) is 15.8 Å². The molecule has 26 heavy (non-hydrogen) atoms. The molecule has 1 amide bonds. The minimum absolute atomic E-state index is 0.152. The number of carbonyl (C=O) groups excluding carboxylic acids is 1. The summed E-state index contributed by atoms with van der Waals surface area (Å²) in [5, 5.41) is 2.80. The molecule has 0 unspecified atom stereocenters. The zero-order valence-electron chi connectivity index (χ0n) is 14.8. The summed E-state index contributed by atoms with van der Waals surface area (Å²) < 4.78 is 18.0. The summed E-state index contributed by atoms with van der Waals surface area (Å²) in [6, 6.07) is 8.44. The summed E-state index contributed by atoms with van der Waals surface area (Å²) in [5.41, 5.74) is 2.50. The van der Waals surface area contributed by atoms with Gasteiger partial charge < -0.3 is 19.9 Å². The molecule has 1 aliphatic rings. The minimum atomic E-state index is -0.223. The maximum absolute atomic E-state index is 13.1. The first kappa shape index (κ1) is 18.1. The van der Waals surface area contributed by atoms with Gasteiger partial charge in [0.15, 0.2) is 0 Å². The highest BCUT2D eigenvalue weighted by Crippen LogP contribution is 2.21. The molecule has 6 nitrogen and oxygen atoms in total. The van der Waals surface area contributed by atoms with Crippen LogP contribution in [-0.4, -0.2) is 57.3 Å². The Morgan fingerprint density at radius 2 is 1.77 bits per heavy atom. The molecule has 1 aromatic carbocycles. The number of pyridine rings is 1. The van der Waals surface area contributed by atoms with E-state index in [-0.39, 0.29) is 11.7 Å². The first-order chi connectivity index (χ1) is 12.7. The molecule has 1 saturated heterocycles. The minimum Gasteiger partial charge on any atom is -0.383 e. The topological polar surface area (TPSA) is 57.7 Å². The Balaban J connectivity index is 1.59. The number of halogens is 1. The quantitative estimate of drug-likeness (QED) is 0.800. The number of piperazine rings is 1. The Bertz CT molecular complexity index is 731. The van der Waals surface area contributed by atoms with Crippen molar-refractivity contribution in [2.24, 2.45) is 0 Å². The molecule has 1 N–H and O–H groups in total. The lowest BCUT2D eigenvalue weighted by Gasteiger charge is -2.37. The molecule has 1 aliphatic heterocycles. The van der Waals surface area contributed by atoms with Crippen LogP contribution >= 0.6 is 0 Å². The van der Waals surface area contributed by atoms with Gasteiger partial charge in [-0.3, -0.25) is 9.78 Å². The molecule has 0 spiro atoms. The van der Waals surface area contributed by atoms with Crippen molar-refractivity contribution in [2.45, 2.75) is 0 Å². The number of amides is 1. The van der Waals surface area contributed by atoms with Gasteiger partial charge in [0.1, 0.15) is 5.82 Å². The van der Waals surface area contributed by atoms with E-state index in [9.17, 15) is 9.18 Å². The van der Waals surface area contributed by atoms with E-state index in [1.807, 2.05) is 6.07 Å². The molecule has 1 aromatic heterocycles. The van der Waals surface area contributed by atoms with Gasteiger partial charge in [0.05, 0.1) is 24.1 Å². The van der Waals surface area contributed by atoms with Crippen molar-refractivity contribution in [3.63, 3.8) is 0 Å². The third kappa shape index (κ3) is 4.49. The summed E-state index contributed by atoms with van der Waals surface area (Å²) in [6.45, 7) is 4.23. The number of nitrogens with zero attached hydrogens (tertiary/aromatic N) is 3. The van der Waals surface area contributed by atoms with E-state index in [1.165, 1.54) is 12.1 Å². The average Bonchev–Trinajstić information content (AvgIpc) is 2.69. The second-order valence-electron chi connectivity index (χ2n) is 6.13. The second kappa shape index (κ2) is 8.62. The summed E-state index contributed by atoms with van der Waals surface area (Å²) >= 11 is 0. The highest BCUT2D eigenvalue weighted by Gasteiger charge is 2.19. The third-order valence-corrected chi connectivity index (χ3v) is 4.41. The highest BCUT2D eigenvalue weighted by atomic mass is 19.1. The van der Waals surface area contributed by atoms with Crippen molar-refractivity contribution in [2.75, 3.05) is 56.2 Å². The smallest absolute Gasteiger partial charge is 0.253 e. The number of anilines is 2. The van der Waals surface area contributed by atoms with Crippen molar-refractivity contribution < 1.29 is 13.9 Å². The molecule has 2 aromatic rings. The number of ether oxygens (including phenoxy) is 1. The van der Waals surface area contributed by atoms with Crippen LogP contribution in [0.1, 0.15) is 10.4 Å². The maximum Gasteiger partial charge on any atom is 0.253 e. The SMILES string of the molecule is COCCNC(=O)c1cncc(N2CCN(c3ccc(F)cc3)CC2)c1. The lowest BCUT2D eigenvalue weighted by Crippen LogP contribution is -2.46. The Labute approximate surface area is 152 Å². The number of hydrogen-bond donors (Lipinski definition) is 1. The zero-order valence-corrected chi connectivity index (χ0v) is 14.8. The van der Waals surface area contributed by atoms with Crippen molar-refractivity contribution in [1.82, 2.24) is 10.3 Å². The number of aromatic nitrogens is 1. The summed E-state index contributed by atoms with van der Waals surface area (Å²) in [6.07, 6.45) is 3.35. The number of carbonyl (C=O) groups is 1. The fourth-order valence-corrected chi connectivity index (χ4v) is 2.97. The van der Waals surface area contributed by atoms with Gasteiger partial charge in [0, 0.05) is 51.7 Å². The predicted molar refractivity (Wildman–Crippen MR) is 99.3 cm³/mol. The monoisotopic (exact) mass is 358 g/mol. The molecule has 0 radical (unpaired) electrons. The van der Waals surface area contributed by atoms with Gasteiger partial charge in [0.2, 0.25) is 0 Å². The number of benzene rings is 1. The number of nitrogens with one attached hydrogen (secondary N) is 1. The highest BCUT2D eigenvalue weighted by molar-refractivity contribution is 5.94. The van der Waals surface area contributed by atoms with E-state index in [2.05, 4.69) is 20.1 Å². The third-order valence-electron chi connectivity index (χ3n) is 4.41. The average molecular weight is 358 g/mol. The van der Waals surface area contributed by atoms with Crippen LogP contribution in [0.3, 0.4) is 0 Å². The fraction of sp³-hybridized carbons (Fsp3) is 0.368. The van der Waals surface area contributed by atoms with Gasteiger partial charge in [-0.1, -0.05) is 0 Å². The number of hydrogen-bond acceptors (Lipinski definition) is 5. The molecule has 2 heterocycles. The maximum atomic E-state index is 13.1. The van der Waals surface area contributed by atoms with Gasteiger partial charge in [0.25, 0.3) is 5.91 Å². The molecule has 7 heteroatoms. The molecule has 0 aliphatic carbocycles. The molecule has 0 saturated carbocycles. The molecule has 0 bridgehead atoms. The summed E-state index contributed by atoms with van der Waals surface area (Å²) in [5.74, 6) is -0.375. The molecule has 138 valence electrons. The van der Waals surface area contributed by atoms with Crippen molar-refractivity contribution in [1.29, 1.82) is 0 Å². The lowest BCUT2D eigenvalue weighted by atomic mass is 10.2. The van der Waals surface area contributed by atoms with Crippen LogP contribution in [0.15, 0.2) is 42.7 Å². The van der Waals surface area contributed by atoms with E-state index < -0.39 is 0 Å². The summed E-state index contributed by atoms with van der Waals surface area (Å²) in [4.78, 5) is 20.8. The molecule has 3 rings (SSSR count). The molecular formula is C19H23FN4O2. The zero-order chi connectivity index (χ0) is 18.4. The van der Waals surface area contributed by atoms with E-state index >= 15 is 0 Å². The first-order valence-corrected chi connectivity index (χ1v) is 8.65. The number of methoxy groups -OCH3 is 1. The summed E-state index contributed by atoms with van der Waals surface area (Å²) in [7, 11) is 1.60. The van der Waals surface area contributed by atoms with E-state index in [4.69, 9.17) is 4.74 Å².